The fourth-order valence-corrected chi connectivity index (χ4v) is 3.47. The van der Waals surface area contributed by atoms with Crippen LogP contribution in [0.2, 0.25) is 0 Å². The molecule has 2 aromatic rings. The van der Waals surface area contributed by atoms with Gasteiger partial charge in [-0.05, 0) is 42.0 Å². The van der Waals surface area contributed by atoms with Crippen molar-refractivity contribution < 1.29 is 19.1 Å². The highest BCUT2D eigenvalue weighted by Gasteiger charge is 2.24. The predicted molar refractivity (Wildman–Crippen MR) is 108 cm³/mol. The largest absolute Gasteiger partial charge is 0.454 e. The molecule has 0 spiro atoms. The molecule has 0 bridgehead atoms. The molecule has 0 unspecified atom stereocenters. The number of hydrogen-bond acceptors (Lipinski definition) is 6. The Morgan fingerprint density at radius 3 is 2.71 bits per heavy atom. The molecule has 0 radical (unpaired) electrons. The summed E-state index contributed by atoms with van der Waals surface area (Å²) in [5, 5.41) is 8.76. The summed E-state index contributed by atoms with van der Waals surface area (Å²) in [6.45, 7) is 5.88. The summed E-state index contributed by atoms with van der Waals surface area (Å²) in [5.41, 5.74) is 4.28. The van der Waals surface area contributed by atoms with Crippen LogP contribution in [-0.2, 0) is 16.0 Å². The van der Waals surface area contributed by atoms with E-state index in [2.05, 4.69) is 15.8 Å². The molecule has 0 saturated heterocycles. The third-order valence-electron chi connectivity index (χ3n) is 4.32. The average Bonchev–Trinajstić information content (AvgIpc) is 3.30. The van der Waals surface area contributed by atoms with Gasteiger partial charge in [-0.15, -0.1) is 11.3 Å². The van der Waals surface area contributed by atoms with Gasteiger partial charge < -0.3 is 14.8 Å². The molecule has 7 nitrogen and oxygen atoms in total. The van der Waals surface area contributed by atoms with Gasteiger partial charge in [-0.3, -0.25) is 9.59 Å². The van der Waals surface area contributed by atoms with Gasteiger partial charge in [-0.25, -0.2) is 5.43 Å². The van der Waals surface area contributed by atoms with Gasteiger partial charge in [0, 0.05) is 10.4 Å². The Bertz CT molecular complexity index is 878. The standard InChI is InChI=1S/C20H23N3O4S/c1-12(2)19(22-18(24)9-15-5-4-6-28-15)20(25)23-21-10-14-8-17-16(7-13(14)3)26-11-27-17/h4-8,10,12,19H,9,11H2,1-3H3,(H,22,24)(H,23,25)/b21-10+/t19-/m0/s1. The predicted octanol–water partition coefficient (Wildman–Crippen LogP) is 2.62. The normalized spacial score (nSPS) is 13.7. The molecule has 28 heavy (non-hydrogen) atoms. The lowest BCUT2D eigenvalue weighted by atomic mass is 10.0. The number of carbonyl (C=O) groups excluding carboxylic acids is 2. The number of ether oxygens (including phenoxy) is 2. The van der Waals surface area contributed by atoms with Gasteiger partial charge in [-0.1, -0.05) is 19.9 Å². The first-order chi connectivity index (χ1) is 13.4. The quantitative estimate of drug-likeness (QED) is 0.551. The molecule has 2 amide bonds. The molecule has 1 aliphatic rings. The monoisotopic (exact) mass is 401 g/mol. The number of nitrogens with one attached hydrogen (secondary N) is 2. The van der Waals surface area contributed by atoms with Gasteiger partial charge in [-0.2, -0.15) is 5.10 Å². The highest BCUT2D eigenvalue weighted by molar-refractivity contribution is 7.10. The number of nitrogens with zero attached hydrogens (tertiary/aromatic N) is 1. The van der Waals surface area contributed by atoms with Crippen LogP contribution < -0.4 is 20.2 Å². The minimum Gasteiger partial charge on any atom is -0.454 e. The smallest absolute Gasteiger partial charge is 0.262 e. The van der Waals surface area contributed by atoms with E-state index in [9.17, 15) is 9.59 Å². The van der Waals surface area contributed by atoms with Crippen LogP contribution in [0.15, 0.2) is 34.7 Å². The number of fused-ring (bicyclic) bond motifs is 1. The van der Waals surface area contributed by atoms with Crippen LogP contribution in [-0.4, -0.2) is 30.9 Å². The molecule has 3 rings (SSSR count). The molecule has 1 atom stereocenters. The molecule has 8 heteroatoms. The summed E-state index contributed by atoms with van der Waals surface area (Å²) in [6, 6.07) is 6.81. The Morgan fingerprint density at radius 1 is 1.29 bits per heavy atom. The van der Waals surface area contributed by atoms with E-state index in [1.54, 1.807) is 6.21 Å². The SMILES string of the molecule is Cc1cc2c(cc1/C=N/NC(=O)[C@@H](NC(=O)Cc1cccs1)C(C)C)OCO2. The van der Waals surface area contributed by atoms with E-state index in [0.29, 0.717) is 11.5 Å². The summed E-state index contributed by atoms with van der Waals surface area (Å²) < 4.78 is 10.7. The number of rotatable bonds is 7. The molecule has 1 aliphatic heterocycles. The molecule has 1 aromatic heterocycles. The maximum atomic E-state index is 12.5. The second-order valence-corrected chi connectivity index (χ2v) is 7.87. The zero-order chi connectivity index (χ0) is 20.1. The van der Waals surface area contributed by atoms with E-state index >= 15 is 0 Å². The second kappa shape index (κ2) is 8.88. The molecule has 0 saturated carbocycles. The summed E-state index contributed by atoms with van der Waals surface area (Å²) in [6.07, 6.45) is 1.81. The number of thiophene rings is 1. The Hall–Kier alpha value is -2.87. The van der Waals surface area contributed by atoms with Crippen molar-refractivity contribution in [1.82, 2.24) is 10.7 Å². The first-order valence-electron chi connectivity index (χ1n) is 8.99. The number of benzene rings is 1. The molecule has 1 aromatic carbocycles. The van der Waals surface area contributed by atoms with E-state index in [-0.39, 0.29) is 30.9 Å². The zero-order valence-electron chi connectivity index (χ0n) is 16.0. The Balaban J connectivity index is 1.59. The van der Waals surface area contributed by atoms with Crippen molar-refractivity contribution in [1.29, 1.82) is 0 Å². The van der Waals surface area contributed by atoms with Crippen LogP contribution in [0, 0.1) is 12.8 Å². The summed E-state index contributed by atoms with van der Waals surface area (Å²) in [5.74, 6) is 0.733. The third kappa shape index (κ3) is 4.89. The van der Waals surface area contributed by atoms with Gasteiger partial charge in [0.05, 0.1) is 12.6 Å². The highest BCUT2D eigenvalue weighted by atomic mass is 32.1. The first kappa shape index (κ1) is 19.9. The summed E-state index contributed by atoms with van der Waals surface area (Å²) >= 11 is 1.51. The van der Waals surface area contributed by atoms with Crippen molar-refractivity contribution in [3.05, 3.63) is 45.6 Å². The van der Waals surface area contributed by atoms with Crippen molar-refractivity contribution in [2.45, 2.75) is 33.2 Å². The lowest BCUT2D eigenvalue weighted by Gasteiger charge is -2.20. The van der Waals surface area contributed by atoms with Crippen molar-refractivity contribution in [2.75, 3.05) is 6.79 Å². The second-order valence-electron chi connectivity index (χ2n) is 6.84. The lowest BCUT2D eigenvalue weighted by molar-refractivity contribution is -0.129. The van der Waals surface area contributed by atoms with Gasteiger partial charge in [0.25, 0.3) is 5.91 Å². The fourth-order valence-electron chi connectivity index (χ4n) is 2.76. The molecule has 2 heterocycles. The van der Waals surface area contributed by atoms with Crippen LogP contribution in [0.5, 0.6) is 11.5 Å². The van der Waals surface area contributed by atoms with Gasteiger partial charge in [0.15, 0.2) is 11.5 Å². The number of carbonyl (C=O) groups is 2. The molecule has 2 N–H and O–H groups in total. The van der Waals surface area contributed by atoms with Crippen LogP contribution in [0.1, 0.15) is 29.9 Å². The van der Waals surface area contributed by atoms with Crippen molar-refractivity contribution >= 4 is 29.4 Å². The molecular formula is C20H23N3O4S. The van der Waals surface area contributed by atoms with Gasteiger partial charge >= 0.3 is 0 Å². The van der Waals surface area contributed by atoms with Gasteiger partial charge in [0.1, 0.15) is 6.04 Å². The molecular weight excluding hydrogens is 378 g/mol. The van der Waals surface area contributed by atoms with Crippen molar-refractivity contribution in [3.63, 3.8) is 0 Å². The Morgan fingerprint density at radius 2 is 2.04 bits per heavy atom. The Kier molecular flexibility index (Phi) is 6.30. The first-order valence-corrected chi connectivity index (χ1v) is 9.87. The van der Waals surface area contributed by atoms with E-state index in [0.717, 1.165) is 16.0 Å². The van der Waals surface area contributed by atoms with Crippen molar-refractivity contribution in [2.24, 2.45) is 11.0 Å². The lowest BCUT2D eigenvalue weighted by Crippen LogP contribution is -2.49. The summed E-state index contributed by atoms with van der Waals surface area (Å²) in [4.78, 5) is 25.7. The topological polar surface area (TPSA) is 89.0 Å². The number of aryl methyl sites for hydroxylation is 1. The van der Waals surface area contributed by atoms with Crippen LogP contribution in [0.25, 0.3) is 0 Å². The van der Waals surface area contributed by atoms with Gasteiger partial charge in [0.2, 0.25) is 12.7 Å². The summed E-state index contributed by atoms with van der Waals surface area (Å²) in [7, 11) is 0. The average molecular weight is 401 g/mol. The maximum Gasteiger partial charge on any atom is 0.262 e. The third-order valence-corrected chi connectivity index (χ3v) is 5.20. The van der Waals surface area contributed by atoms with E-state index < -0.39 is 6.04 Å². The van der Waals surface area contributed by atoms with Crippen molar-refractivity contribution in [3.8, 4) is 11.5 Å². The van der Waals surface area contributed by atoms with Crippen LogP contribution >= 0.6 is 11.3 Å². The van der Waals surface area contributed by atoms with E-state index in [1.165, 1.54) is 11.3 Å². The molecule has 0 fully saturated rings. The highest BCUT2D eigenvalue weighted by Crippen LogP contribution is 2.34. The maximum absolute atomic E-state index is 12.5. The van der Waals surface area contributed by atoms with E-state index in [4.69, 9.17) is 9.47 Å². The Labute approximate surface area is 167 Å². The van der Waals surface area contributed by atoms with Crippen LogP contribution in [0.3, 0.4) is 0 Å². The fraction of sp³-hybridized carbons (Fsp3) is 0.350. The zero-order valence-corrected chi connectivity index (χ0v) is 16.8. The number of amides is 2. The van der Waals surface area contributed by atoms with E-state index in [1.807, 2.05) is 50.4 Å². The minimum absolute atomic E-state index is 0.0743. The molecule has 148 valence electrons. The minimum atomic E-state index is -0.664. The number of hydrogen-bond donors (Lipinski definition) is 2. The molecule has 0 aliphatic carbocycles. The number of hydrazone groups is 1. The van der Waals surface area contributed by atoms with Crippen LogP contribution in [0.4, 0.5) is 0 Å².